The van der Waals surface area contributed by atoms with E-state index in [1.807, 2.05) is 47.1 Å². The minimum Gasteiger partial charge on any atom is -0.480 e. The number of nitrogens with zero attached hydrogens (tertiary/aromatic N) is 2. The van der Waals surface area contributed by atoms with Gasteiger partial charge in [-0.05, 0) is 37.8 Å². The second-order valence-electron chi connectivity index (χ2n) is 7.07. The van der Waals surface area contributed by atoms with Crippen molar-refractivity contribution in [1.29, 1.82) is 0 Å². The summed E-state index contributed by atoms with van der Waals surface area (Å²) in [7, 11) is 0. The maximum atomic E-state index is 12.7. The van der Waals surface area contributed by atoms with Gasteiger partial charge in [-0.3, -0.25) is 9.69 Å². The number of carboxylic acid groups (broad SMARTS) is 1. The molecule has 1 aromatic carbocycles. The Hall–Kier alpha value is -2.08. The number of hydrogen-bond donors (Lipinski definition) is 2. The van der Waals surface area contributed by atoms with E-state index in [0.717, 1.165) is 37.8 Å². The van der Waals surface area contributed by atoms with Gasteiger partial charge in [0.25, 0.3) is 0 Å². The number of likely N-dealkylation sites (N-methyl/N-ethyl adjacent to an activating group) is 1. The summed E-state index contributed by atoms with van der Waals surface area (Å²) in [6.07, 6.45) is 3.82. The molecule has 2 fully saturated rings. The molecule has 0 bridgehead atoms. The van der Waals surface area contributed by atoms with Crippen molar-refractivity contribution < 1.29 is 14.7 Å². The fraction of sp³-hybridized carbons (Fsp3) is 0.579. The third-order valence-electron chi connectivity index (χ3n) is 5.15. The second kappa shape index (κ2) is 7.87. The number of aliphatic carboxylic acids is 1. The molecule has 0 aromatic heterocycles. The van der Waals surface area contributed by atoms with Crippen molar-refractivity contribution in [2.24, 2.45) is 0 Å². The fourth-order valence-corrected chi connectivity index (χ4v) is 3.47. The fourth-order valence-electron chi connectivity index (χ4n) is 3.47. The Morgan fingerprint density at radius 3 is 2.40 bits per heavy atom. The topological polar surface area (TPSA) is 72.9 Å². The van der Waals surface area contributed by atoms with Gasteiger partial charge in [-0.2, -0.15) is 0 Å². The van der Waals surface area contributed by atoms with Gasteiger partial charge in [-0.1, -0.05) is 37.3 Å². The molecular weight excluding hydrogens is 318 g/mol. The van der Waals surface area contributed by atoms with E-state index in [1.54, 1.807) is 0 Å². The number of urea groups is 1. The molecule has 2 N–H and O–H groups in total. The maximum absolute atomic E-state index is 12.7. The third-order valence-corrected chi connectivity index (χ3v) is 5.15. The SMILES string of the molecule is CCN(CC(=O)O)C1CC(NC(=O)N(Cc2ccccc2)C2CC2)C1. The number of nitrogens with one attached hydrogen (secondary N) is 1. The Kier molecular flexibility index (Phi) is 5.58. The van der Waals surface area contributed by atoms with Crippen LogP contribution < -0.4 is 5.32 Å². The van der Waals surface area contributed by atoms with E-state index >= 15 is 0 Å². The first-order chi connectivity index (χ1) is 12.1. The first-order valence-corrected chi connectivity index (χ1v) is 9.13. The molecule has 2 aliphatic carbocycles. The van der Waals surface area contributed by atoms with Gasteiger partial charge in [0.2, 0.25) is 0 Å². The predicted molar refractivity (Wildman–Crippen MR) is 95.2 cm³/mol. The molecule has 0 unspecified atom stereocenters. The lowest BCUT2D eigenvalue weighted by Crippen LogP contribution is -2.57. The third kappa shape index (κ3) is 4.72. The zero-order chi connectivity index (χ0) is 17.8. The predicted octanol–water partition coefficient (Wildman–Crippen LogP) is 2.30. The molecule has 0 atom stereocenters. The summed E-state index contributed by atoms with van der Waals surface area (Å²) in [5.74, 6) is -0.794. The summed E-state index contributed by atoms with van der Waals surface area (Å²) >= 11 is 0. The van der Waals surface area contributed by atoms with E-state index in [9.17, 15) is 9.59 Å². The van der Waals surface area contributed by atoms with E-state index in [1.165, 1.54) is 0 Å². The highest BCUT2D eigenvalue weighted by Crippen LogP contribution is 2.30. The van der Waals surface area contributed by atoms with Crippen LogP contribution in [0, 0.1) is 0 Å². The van der Waals surface area contributed by atoms with Crippen LogP contribution in [0.25, 0.3) is 0 Å². The van der Waals surface area contributed by atoms with Crippen LogP contribution in [0.2, 0.25) is 0 Å². The van der Waals surface area contributed by atoms with Crippen molar-refractivity contribution in [3.05, 3.63) is 35.9 Å². The minimum atomic E-state index is -0.794. The second-order valence-corrected chi connectivity index (χ2v) is 7.07. The zero-order valence-corrected chi connectivity index (χ0v) is 14.7. The molecule has 136 valence electrons. The van der Waals surface area contributed by atoms with E-state index in [-0.39, 0.29) is 24.7 Å². The van der Waals surface area contributed by atoms with Gasteiger partial charge in [0.05, 0.1) is 6.54 Å². The van der Waals surface area contributed by atoms with Crippen molar-refractivity contribution in [3.63, 3.8) is 0 Å². The first kappa shape index (κ1) is 17.7. The van der Waals surface area contributed by atoms with Crippen molar-refractivity contribution in [2.75, 3.05) is 13.1 Å². The average Bonchev–Trinajstić information content (AvgIpc) is 3.39. The maximum Gasteiger partial charge on any atom is 0.318 e. The van der Waals surface area contributed by atoms with Gasteiger partial charge in [-0.25, -0.2) is 4.79 Å². The molecule has 2 saturated carbocycles. The van der Waals surface area contributed by atoms with Crippen LogP contribution in [0.1, 0.15) is 38.2 Å². The largest absolute Gasteiger partial charge is 0.480 e. The number of benzene rings is 1. The van der Waals surface area contributed by atoms with E-state index < -0.39 is 5.97 Å². The molecule has 1 aromatic rings. The first-order valence-electron chi connectivity index (χ1n) is 9.13. The number of amides is 2. The number of rotatable bonds is 8. The lowest BCUT2D eigenvalue weighted by atomic mass is 9.85. The van der Waals surface area contributed by atoms with Crippen LogP contribution >= 0.6 is 0 Å². The van der Waals surface area contributed by atoms with Crippen LogP contribution in [0.5, 0.6) is 0 Å². The Labute approximate surface area is 148 Å². The summed E-state index contributed by atoms with van der Waals surface area (Å²) in [6, 6.07) is 10.8. The highest BCUT2D eigenvalue weighted by Gasteiger charge is 2.38. The summed E-state index contributed by atoms with van der Waals surface area (Å²) in [5.41, 5.74) is 1.15. The molecule has 2 amide bonds. The Bertz CT molecular complexity index is 597. The molecule has 0 spiro atoms. The van der Waals surface area contributed by atoms with Gasteiger partial charge in [-0.15, -0.1) is 0 Å². The minimum absolute atomic E-state index is 0.0103. The lowest BCUT2D eigenvalue weighted by molar-refractivity contribution is -0.139. The number of carbonyl (C=O) groups is 2. The highest BCUT2D eigenvalue weighted by atomic mass is 16.4. The number of carboxylic acids is 1. The molecule has 2 aliphatic rings. The molecule has 0 aliphatic heterocycles. The molecule has 6 heteroatoms. The van der Waals surface area contributed by atoms with Crippen LogP contribution in [0.15, 0.2) is 30.3 Å². The van der Waals surface area contributed by atoms with E-state index in [2.05, 4.69) is 5.32 Å². The molecule has 0 heterocycles. The smallest absolute Gasteiger partial charge is 0.318 e. The molecule has 0 saturated heterocycles. The quantitative estimate of drug-likeness (QED) is 0.758. The molecule has 0 radical (unpaired) electrons. The van der Waals surface area contributed by atoms with Crippen LogP contribution in [-0.4, -0.2) is 58.1 Å². The summed E-state index contributed by atoms with van der Waals surface area (Å²) in [6.45, 7) is 3.42. The number of hydrogen-bond acceptors (Lipinski definition) is 3. The lowest BCUT2D eigenvalue weighted by Gasteiger charge is -2.42. The van der Waals surface area contributed by atoms with Crippen molar-refractivity contribution in [1.82, 2.24) is 15.1 Å². The molecule has 6 nitrogen and oxygen atoms in total. The average molecular weight is 345 g/mol. The molecule has 3 rings (SSSR count). The Balaban J connectivity index is 1.49. The van der Waals surface area contributed by atoms with Gasteiger partial charge < -0.3 is 15.3 Å². The Morgan fingerprint density at radius 2 is 1.84 bits per heavy atom. The summed E-state index contributed by atoms with van der Waals surface area (Å²) in [5, 5.41) is 12.1. The number of carbonyl (C=O) groups excluding carboxylic acids is 1. The van der Waals surface area contributed by atoms with Crippen LogP contribution in [0.3, 0.4) is 0 Å². The van der Waals surface area contributed by atoms with Gasteiger partial charge in [0.15, 0.2) is 0 Å². The van der Waals surface area contributed by atoms with Crippen molar-refractivity contribution in [2.45, 2.75) is 57.3 Å². The van der Waals surface area contributed by atoms with Crippen LogP contribution in [0.4, 0.5) is 4.79 Å². The van der Waals surface area contributed by atoms with Crippen LogP contribution in [-0.2, 0) is 11.3 Å². The molecule has 25 heavy (non-hydrogen) atoms. The normalized spacial score (nSPS) is 22.3. The highest BCUT2D eigenvalue weighted by molar-refractivity contribution is 5.75. The summed E-state index contributed by atoms with van der Waals surface area (Å²) in [4.78, 5) is 27.5. The molecular formula is C19H27N3O3. The van der Waals surface area contributed by atoms with E-state index in [0.29, 0.717) is 12.6 Å². The van der Waals surface area contributed by atoms with Gasteiger partial charge in [0, 0.05) is 24.7 Å². The zero-order valence-electron chi connectivity index (χ0n) is 14.7. The van der Waals surface area contributed by atoms with Gasteiger partial charge in [0.1, 0.15) is 0 Å². The Morgan fingerprint density at radius 1 is 1.16 bits per heavy atom. The summed E-state index contributed by atoms with van der Waals surface area (Å²) < 4.78 is 0. The monoisotopic (exact) mass is 345 g/mol. The standard InChI is InChI=1S/C19H27N3O3/c1-2-21(13-18(23)24)17-10-15(11-17)20-19(25)22(16-8-9-16)12-14-6-4-3-5-7-14/h3-7,15-17H,2,8-13H2,1H3,(H,20,25)(H,23,24). The van der Waals surface area contributed by atoms with Crippen molar-refractivity contribution >= 4 is 12.0 Å². The van der Waals surface area contributed by atoms with Crippen molar-refractivity contribution in [3.8, 4) is 0 Å². The van der Waals surface area contributed by atoms with Gasteiger partial charge >= 0.3 is 12.0 Å². The van der Waals surface area contributed by atoms with E-state index in [4.69, 9.17) is 5.11 Å².